The van der Waals surface area contributed by atoms with Gasteiger partial charge in [-0.3, -0.25) is 4.79 Å². The van der Waals surface area contributed by atoms with Crippen molar-refractivity contribution < 1.29 is 19.6 Å². The van der Waals surface area contributed by atoms with Crippen LogP contribution in [-0.4, -0.2) is 44.3 Å². The Balaban J connectivity index is 3.55. The highest BCUT2D eigenvalue weighted by Crippen LogP contribution is 2.07. The summed E-state index contributed by atoms with van der Waals surface area (Å²) in [6.45, 7) is 1.21. The van der Waals surface area contributed by atoms with Gasteiger partial charge in [-0.05, 0) is 31.4 Å². The third-order valence-electron chi connectivity index (χ3n) is 3.37. The van der Waals surface area contributed by atoms with E-state index in [9.17, 15) is 14.7 Å². The Hall–Kier alpha value is -0.750. The summed E-state index contributed by atoms with van der Waals surface area (Å²) >= 11 is 3.97. The van der Waals surface area contributed by atoms with Crippen LogP contribution in [0.15, 0.2) is 0 Å². The molecule has 0 aliphatic carbocycles. The summed E-state index contributed by atoms with van der Waals surface area (Å²) in [5.41, 5.74) is 0. The van der Waals surface area contributed by atoms with Gasteiger partial charge in [-0.2, -0.15) is 12.6 Å². The Morgan fingerprint density at radius 3 is 2.19 bits per heavy atom. The molecule has 0 rings (SSSR count). The molecule has 5 nitrogen and oxygen atoms in total. The first kappa shape index (κ1) is 20.2. The van der Waals surface area contributed by atoms with Crippen LogP contribution in [0.2, 0.25) is 0 Å². The fourth-order valence-corrected chi connectivity index (χ4v) is 2.37. The second kappa shape index (κ2) is 13.0. The smallest absolute Gasteiger partial charge is 0.220 e. The summed E-state index contributed by atoms with van der Waals surface area (Å²) in [6, 6.07) is -0.913. The molecule has 0 fully saturated rings. The zero-order valence-electron chi connectivity index (χ0n) is 13.3. The first-order valence-electron chi connectivity index (χ1n) is 7.87. The van der Waals surface area contributed by atoms with E-state index in [-0.39, 0.29) is 5.91 Å². The van der Waals surface area contributed by atoms with Crippen LogP contribution in [0.25, 0.3) is 0 Å². The van der Waals surface area contributed by atoms with Crippen LogP contribution >= 0.6 is 12.6 Å². The number of nitrogens with one attached hydrogen (secondary N) is 2. The first-order chi connectivity index (χ1) is 9.97. The van der Waals surface area contributed by atoms with Gasteiger partial charge in [0, 0.05) is 6.42 Å². The van der Waals surface area contributed by atoms with E-state index in [0.29, 0.717) is 18.6 Å². The van der Waals surface area contributed by atoms with Crippen molar-refractivity contribution in [1.82, 2.24) is 5.32 Å². The minimum Gasteiger partial charge on any atom is -0.548 e. The van der Waals surface area contributed by atoms with Crippen molar-refractivity contribution in [3.05, 3.63) is 0 Å². The average molecular weight is 318 g/mol. The summed E-state index contributed by atoms with van der Waals surface area (Å²) < 4.78 is 0. The van der Waals surface area contributed by atoms with Crippen LogP contribution in [-0.2, 0) is 9.59 Å². The van der Waals surface area contributed by atoms with Crippen LogP contribution < -0.4 is 15.3 Å². The van der Waals surface area contributed by atoms with Crippen LogP contribution in [0.1, 0.15) is 51.4 Å². The molecule has 0 spiro atoms. The molecule has 0 aromatic carbocycles. The summed E-state index contributed by atoms with van der Waals surface area (Å²) in [5, 5.41) is 13.3. The van der Waals surface area contributed by atoms with Crippen molar-refractivity contribution in [3.63, 3.8) is 0 Å². The van der Waals surface area contributed by atoms with Gasteiger partial charge in [-0.15, -0.1) is 0 Å². The number of hydrogen-bond donors (Lipinski definition) is 3. The second-order valence-electron chi connectivity index (χ2n) is 5.78. The number of carbonyl (C=O) groups is 2. The normalized spacial score (nSPS) is 12.4. The number of hydrogen-bond acceptors (Lipinski definition) is 4. The lowest BCUT2D eigenvalue weighted by molar-refractivity contribution is -0.858. The minimum atomic E-state index is -1.24. The van der Waals surface area contributed by atoms with E-state index >= 15 is 0 Å². The molecule has 0 aliphatic heterocycles. The molecule has 21 heavy (non-hydrogen) atoms. The van der Waals surface area contributed by atoms with Gasteiger partial charge in [0.25, 0.3) is 0 Å². The van der Waals surface area contributed by atoms with Crippen molar-refractivity contribution in [3.8, 4) is 0 Å². The maximum Gasteiger partial charge on any atom is 0.220 e. The summed E-state index contributed by atoms with van der Waals surface area (Å²) in [6.07, 6.45) is 7.35. The van der Waals surface area contributed by atoms with Crippen molar-refractivity contribution in [2.24, 2.45) is 0 Å². The molecule has 1 amide bonds. The van der Waals surface area contributed by atoms with Crippen molar-refractivity contribution in [2.45, 2.75) is 57.4 Å². The highest BCUT2D eigenvalue weighted by atomic mass is 32.1. The maximum atomic E-state index is 11.6. The molecule has 1 unspecified atom stereocenters. The minimum absolute atomic E-state index is 0.206. The number of aliphatic carboxylic acids is 1. The Labute approximate surface area is 133 Å². The molecule has 0 aromatic heterocycles. The van der Waals surface area contributed by atoms with Crippen LogP contribution in [0, 0.1) is 0 Å². The van der Waals surface area contributed by atoms with Gasteiger partial charge in [0.1, 0.15) is 0 Å². The number of carboxylic acids is 1. The van der Waals surface area contributed by atoms with E-state index in [1.54, 1.807) is 0 Å². The number of carboxylic acid groups (broad SMARTS) is 1. The number of amides is 1. The van der Waals surface area contributed by atoms with Crippen molar-refractivity contribution in [1.29, 1.82) is 0 Å². The number of carbonyl (C=O) groups excluding carboxylic acids is 2. The second-order valence-corrected chi connectivity index (χ2v) is 6.23. The summed E-state index contributed by atoms with van der Waals surface area (Å²) in [7, 11) is 4.32. The SMILES string of the molecule is C[NH+](C)CCCCCCCCC(=O)NC(CCS)C(=O)[O-]. The number of thiol groups is 1. The van der Waals surface area contributed by atoms with E-state index in [2.05, 4.69) is 32.0 Å². The number of quaternary nitrogens is 1. The predicted molar refractivity (Wildman–Crippen MR) is 85.4 cm³/mol. The van der Waals surface area contributed by atoms with Gasteiger partial charge in [-0.1, -0.05) is 19.3 Å². The van der Waals surface area contributed by atoms with Crippen LogP contribution in [0.4, 0.5) is 0 Å². The van der Waals surface area contributed by atoms with E-state index in [1.807, 2.05) is 0 Å². The molecule has 0 saturated heterocycles. The lowest BCUT2D eigenvalue weighted by atomic mass is 10.1. The van der Waals surface area contributed by atoms with Gasteiger partial charge >= 0.3 is 0 Å². The molecule has 0 bridgehead atoms. The largest absolute Gasteiger partial charge is 0.548 e. The standard InChI is InChI=1S/C15H30N2O3S/c1-17(2)11-8-6-4-3-5-7-9-14(18)16-13(10-12-21)15(19)20/h13,21H,3-12H2,1-2H3,(H,16,18)(H,19,20). The molecule has 0 radical (unpaired) electrons. The highest BCUT2D eigenvalue weighted by Gasteiger charge is 2.12. The molecular formula is C15H30N2O3S. The van der Waals surface area contributed by atoms with E-state index in [1.165, 1.54) is 30.7 Å². The van der Waals surface area contributed by atoms with Gasteiger partial charge in [0.05, 0.1) is 32.7 Å². The quantitative estimate of drug-likeness (QED) is 0.314. The van der Waals surface area contributed by atoms with E-state index < -0.39 is 12.0 Å². The fraction of sp³-hybridized carbons (Fsp3) is 0.867. The Morgan fingerprint density at radius 1 is 1.10 bits per heavy atom. The van der Waals surface area contributed by atoms with Crippen molar-refractivity contribution in [2.75, 3.05) is 26.4 Å². The molecule has 0 aromatic rings. The van der Waals surface area contributed by atoms with Crippen LogP contribution in [0.3, 0.4) is 0 Å². The molecule has 0 heterocycles. The molecule has 0 aliphatic rings. The van der Waals surface area contributed by atoms with Gasteiger partial charge in [-0.25, -0.2) is 0 Å². The third kappa shape index (κ3) is 12.7. The Bertz CT molecular complexity index is 299. The molecule has 1 atom stereocenters. The number of rotatable bonds is 13. The Kier molecular flexibility index (Phi) is 12.5. The third-order valence-corrected chi connectivity index (χ3v) is 3.63. The fourth-order valence-electron chi connectivity index (χ4n) is 2.12. The molecule has 6 heteroatoms. The monoisotopic (exact) mass is 318 g/mol. The van der Waals surface area contributed by atoms with Gasteiger partial charge < -0.3 is 20.1 Å². The van der Waals surface area contributed by atoms with E-state index in [0.717, 1.165) is 19.3 Å². The Morgan fingerprint density at radius 2 is 1.67 bits per heavy atom. The highest BCUT2D eigenvalue weighted by molar-refractivity contribution is 7.80. The molecular weight excluding hydrogens is 288 g/mol. The molecule has 2 N–H and O–H groups in total. The van der Waals surface area contributed by atoms with E-state index in [4.69, 9.17) is 0 Å². The lowest BCUT2D eigenvalue weighted by Gasteiger charge is -2.18. The molecule has 124 valence electrons. The number of unbranched alkanes of at least 4 members (excludes halogenated alkanes) is 5. The zero-order chi connectivity index (χ0) is 16.1. The summed E-state index contributed by atoms with van der Waals surface area (Å²) in [4.78, 5) is 23.9. The lowest BCUT2D eigenvalue weighted by Crippen LogP contribution is -3.05. The summed E-state index contributed by atoms with van der Waals surface area (Å²) in [5.74, 6) is -1.03. The van der Waals surface area contributed by atoms with Crippen molar-refractivity contribution >= 4 is 24.5 Å². The zero-order valence-corrected chi connectivity index (χ0v) is 14.2. The predicted octanol–water partition coefficient (Wildman–Crippen LogP) is -0.584. The van der Waals surface area contributed by atoms with Gasteiger partial charge in [0.15, 0.2) is 0 Å². The van der Waals surface area contributed by atoms with Gasteiger partial charge in [0.2, 0.25) is 5.91 Å². The maximum absolute atomic E-state index is 11.6. The van der Waals surface area contributed by atoms with Crippen LogP contribution in [0.5, 0.6) is 0 Å². The topological polar surface area (TPSA) is 73.7 Å². The molecule has 0 saturated carbocycles. The average Bonchev–Trinajstić information content (AvgIpc) is 2.40. The first-order valence-corrected chi connectivity index (χ1v) is 8.50.